The lowest BCUT2D eigenvalue weighted by Crippen LogP contribution is -2.54. The molecule has 0 aliphatic carbocycles. The van der Waals surface area contributed by atoms with Crippen LogP contribution in [-0.2, 0) is 25.7 Å². The Kier molecular flexibility index (Phi) is 10.9. The van der Waals surface area contributed by atoms with Gasteiger partial charge < -0.3 is 20.9 Å². The second-order valence-electron chi connectivity index (χ2n) is 7.83. The molecule has 0 fully saturated rings. The van der Waals surface area contributed by atoms with Crippen LogP contribution < -0.4 is 10.6 Å². The Bertz CT molecular complexity index is 795. The second-order valence-corrected chi connectivity index (χ2v) is 8.27. The van der Waals surface area contributed by atoms with Crippen molar-refractivity contribution < 1.29 is 19.2 Å². The van der Waals surface area contributed by atoms with E-state index in [9.17, 15) is 19.2 Å². The predicted molar refractivity (Wildman–Crippen MR) is 120 cm³/mol. The zero-order chi connectivity index (χ0) is 23.6. The zero-order valence-electron chi connectivity index (χ0n) is 18.4. The summed E-state index contributed by atoms with van der Waals surface area (Å²) in [5.74, 6) is -1.46. The van der Waals surface area contributed by atoms with Gasteiger partial charge >= 0.3 is 0 Å². The molecule has 0 saturated carbocycles. The number of carbonyl (C=O) groups is 4. The fourth-order valence-corrected chi connectivity index (χ4v) is 3.04. The van der Waals surface area contributed by atoms with Gasteiger partial charge in [0, 0.05) is 32.0 Å². The monoisotopic (exact) mass is 450 g/mol. The van der Waals surface area contributed by atoms with Gasteiger partial charge in [-0.1, -0.05) is 37.6 Å². The first-order chi connectivity index (χ1) is 14.5. The number of hydrogen-bond acceptors (Lipinski definition) is 5. The zero-order valence-corrected chi connectivity index (χ0v) is 19.2. The molecule has 0 saturated heterocycles. The fraction of sp³-hybridized carbons (Fsp3) is 0.500. The Morgan fingerprint density at radius 3 is 2.26 bits per heavy atom. The van der Waals surface area contributed by atoms with Crippen LogP contribution in [-0.4, -0.2) is 53.8 Å². The molecule has 0 bridgehead atoms. The second kappa shape index (κ2) is 12.8. The van der Waals surface area contributed by atoms with Gasteiger partial charge in [0.25, 0.3) is 0 Å². The van der Waals surface area contributed by atoms with E-state index in [1.54, 1.807) is 31.3 Å². The van der Waals surface area contributed by atoms with Crippen molar-refractivity contribution >= 4 is 41.3 Å². The Hall–Kier alpha value is -2.74. The Labute approximate surface area is 188 Å². The van der Waals surface area contributed by atoms with Gasteiger partial charge in [0.15, 0.2) is 5.78 Å². The minimum absolute atomic E-state index is 0.0462. The van der Waals surface area contributed by atoms with Crippen molar-refractivity contribution in [2.75, 3.05) is 7.05 Å². The molecule has 170 valence electrons. The molecular formula is C22H31ClN4O4. The highest BCUT2D eigenvalue weighted by Crippen LogP contribution is 2.13. The highest BCUT2D eigenvalue weighted by molar-refractivity contribution is 6.30. The van der Waals surface area contributed by atoms with Gasteiger partial charge in [-0.2, -0.15) is 0 Å². The minimum Gasteiger partial charge on any atom is -0.350 e. The third-order valence-corrected chi connectivity index (χ3v) is 5.07. The summed E-state index contributed by atoms with van der Waals surface area (Å²) < 4.78 is 0. The van der Waals surface area contributed by atoms with Crippen LogP contribution in [0.15, 0.2) is 24.3 Å². The number of halogens is 1. The first kappa shape index (κ1) is 26.3. The van der Waals surface area contributed by atoms with E-state index in [0.29, 0.717) is 17.7 Å². The minimum atomic E-state index is -0.973. The summed E-state index contributed by atoms with van der Waals surface area (Å²) >= 11 is 5.87. The molecule has 0 radical (unpaired) electrons. The third-order valence-electron chi connectivity index (χ3n) is 4.81. The molecule has 3 amide bonds. The summed E-state index contributed by atoms with van der Waals surface area (Å²) in [6, 6.07) is 5.25. The molecule has 1 rings (SSSR count). The summed E-state index contributed by atoms with van der Waals surface area (Å²) in [6.07, 6.45) is 1.11. The number of likely N-dealkylation sites (N-methyl/N-ethyl adjacent to an activating group) is 1. The van der Waals surface area contributed by atoms with Gasteiger partial charge in [-0.3, -0.25) is 19.2 Å². The lowest BCUT2D eigenvalue weighted by Gasteiger charge is -2.29. The Morgan fingerprint density at radius 2 is 1.74 bits per heavy atom. The number of carbonyl (C=O) groups excluding carboxylic acids is 4. The maximum Gasteiger partial charge on any atom is 0.243 e. The molecule has 8 nitrogen and oxygen atoms in total. The first-order valence-corrected chi connectivity index (χ1v) is 10.5. The number of Topliss-reactive ketones (excluding diaryl/α,β-unsaturated/α-hetero) is 1. The van der Waals surface area contributed by atoms with Crippen LogP contribution in [0.25, 0.3) is 0 Å². The maximum atomic E-state index is 12.9. The molecule has 31 heavy (non-hydrogen) atoms. The number of ketones is 1. The molecule has 0 aliphatic heterocycles. The Morgan fingerprint density at radius 1 is 1.13 bits per heavy atom. The number of nitrogens with zero attached hydrogens (tertiary/aromatic N) is 1. The molecule has 0 spiro atoms. The number of nitrogens with one attached hydrogen (secondary N) is 3. The van der Waals surface area contributed by atoms with Crippen LogP contribution in [0.2, 0.25) is 5.02 Å². The van der Waals surface area contributed by atoms with Crippen LogP contribution in [0, 0.1) is 11.3 Å². The van der Waals surface area contributed by atoms with E-state index < -0.39 is 29.7 Å². The van der Waals surface area contributed by atoms with Crippen LogP contribution in [0.1, 0.15) is 45.6 Å². The summed E-state index contributed by atoms with van der Waals surface area (Å²) in [5, 5.41) is 13.1. The topological polar surface area (TPSA) is 119 Å². The Balaban J connectivity index is 2.93. The summed E-state index contributed by atoms with van der Waals surface area (Å²) in [4.78, 5) is 50.4. The van der Waals surface area contributed by atoms with Crippen molar-refractivity contribution in [1.82, 2.24) is 15.5 Å². The van der Waals surface area contributed by atoms with Crippen LogP contribution in [0.3, 0.4) is 0 Å². The standard InChI is InChI=1S/C22H31ClN4O4/c1-14(2)11-20(27(4)15(3)28)22(31)26-19(10-9-18(29)12-24)21(30)25-13-16-5-7-17(23)8-6-16/h5-8,12,14,19-20,24H,9-11,13H2,1-4H3,(H,25,30)(H,26,31)/t19-,20-/m0/s1. The largest absolute Gasteiger partial charge is 0.350 e. The molecule has 2 atom stereocenters. The molecule has 9 heteroatoms. The van der Waals surface area contributed by atoms with Gasteiger partial charge in [0.2, 0.25) is 17.7 Å². The molecule has 3 N–H and O–H groups in total. The molecule has 0 unspecified atom stereocenters. The highest BCUT2D eigenvalue weighted by atomic mass is 35.5. The first-order valence-electron chi connectivity index (χ1n) is 10.1. The van der Waals surface area contributed by atoms with Gasteiger partial charge in [-0.15, -0.1) is 0 Å². The van der Waals surface area contributed by atoms with Gasteiger partial charge in [-0.25, -0.2) is 0 Å². The molecule has 0 aliphatic rings. The van der Waals surface area contributed by atoms with E-state index >= 15 is 0 Å². The molecule has 1 aromatic carbocycles. The SMILES string of the molecule is CC(=O)N(C)[C@@H](CC(C)C)C(=O)N[C@@H](CCC(=O)C=N)C(=O)NCc1ccc(Cl)cc1. The van der Waals surface area contributed by atoms with E-state index in [2.05, 4.69) is 10.6 Å². The van der Waals surface area contributed by atoms with Crippen LogP contribution in [0.5, 0.6) is 0 Å². The van der Waals surface area contributed by atoms with Gasteiger partial charge in [-0.05, 0) is 36.5 Å². The normalized spacial score (nSPS) is 12.6. The summed E-state index contributed by atoms with van der Waals surface area (Å²) in [7, 11) is 1.54. The summed E-state index contributed by atoms with van der Waals surface area (Å²) in [6.45, 7) is 5.48. The van der Waals surface area contributed by atoms with E-state index in [1.807, 2.05) is 13.8 Å². The van der Waals surface area contributed by atoms with Crippen LogP contribution in [0.4, 0.5) is 0 Å². The molecule has 0 aromatic heterocycles. The molecule has 0 heterocycles. The number of amides is 3. The average molecular weight is 451 g/mol. The smallest absolute Gasteiger partial charge is 0.243 e. The van der Waals surface area contributed by atoms with E-state index in [0.717, 1.165) is 5.56 Å². The van der Waals surface area contributed by atoms with Crippen molar-refractivity contribution in [3.63, 3.8) is 0 Å². The van der Waals surface area contributed by atoms with Crippen molar-refractivity contribution in [3.05, 3.63) is 34.9 Å². The van der Waals surface area contributed by atoms with Crippen molar-refractivity contribution in [2.24, 2.45) is 5.92 Å². The lowest BCUT2D eigenvalue weighted by atomic mass is 10.0. The fourth-order valence-electron chi connectivity index (χ4n) is 2.92. The predicted octanol–water partition coefficient (Wildman–Crippen LogP) is 2.33. The average Bonchev–Trinajstić information content (AvgIpc) is 2.72. The van der Waals surface area contributed by atoms with Crippen molar-refractivity contribution in [2.45, 2.75) is 58.7 Å². The van der Waals surface area contributed by atoms with Gasteiger partial charge in [0.05, 0.1) is 6.21 Å². The molecular weight excluding hydrogens is 420 g/mol. The lowest BCUT2D eigenvalue weighted by molar-refractivity contribution is -0.139. The van der Waals surface area contributed by atoms with E-state index in [1.165, 1.54) is 11.8 Å². The van der Waals surface area contributed by atoms with E-state index in [-0.39, 0.29) is 31.2 Å². The van der Waals surface area contributed by atoms with Gasteiger partial charge in [0.1, 0.15) is 12.1 Å². The summed E-state index contributed by atoms with van der Waals surface area (Å²) in [5.41, 5.74) is 0.826. The number of rotatable bonds is 12. The number of hydrogen-bond donors (Lipinski definition) is 3. The van der Waals surface area contributed by atoms with Crippen molar-refractivity contribution in [1.29, 1.82) is 5.41 Å². The quantitative estimate of drug-likeness (QED) is 0.423. The highest BCUT2D eigenvalue weighted by Gasteiger charge is 2.30. The molecule has 1 aromatic rings. The van der Waals surface area contributed by atoms with Crippen molar-refractivity contribution in [3.8, 4) is 0 Å². The maximum absolute atomic E-state index is 12.9. The number of benzene rings is 1. The van der Waals surface area contributed by atoms with E-state index in [4.69, 9.17) is 17.0 Å². The third kappa shape index (κ3) is 9.29. The van der Waals surface area contributed by atoms with Crippen LogP contribution >= 0.6 is 11.6 Å².